The Morgan fingerprint density at radius 3 is 2.53 bits per heavy atom. The van der Waals surface area contributed by atoms with Gasteiger partial charge in [0.25, 0.3) is 5.91 Å². The lowest BCUT2D eigenvalue weighted by Crippen LogP contribution is -2.53. The van der Waals surface area contributed by atoms with Gasteiger partial charge >= 0.3 is 0 Å². The molecule has 1 aromatic carbocycles. The zero-order valence-electron chi connectivity index (χ0n) is 10.5. The predicted molar refractivity (Wildman–Crippen MR) is 64.0 cm³/mol. The van der Waals surface area contributed by atoms with Gasteiger partial charge in [-0.2, -0.15) is 0 Å². The Morgan fingerprint density at radius 2 is 2.00 bits per heavy atom. The molecular weight excluding hydrogens is 257 g/mol. The Balaban J connectivity index is 2.23. The van der Waals surface area contributed by atoms with E-state index in [1.807, 2.05) is 0 Å². The molecule has 3 nitrogen and oxygen atoms in total. The van der Waals surface area contributed by atoms with Gasteiger partial charge in [-0.15, -0.1) is 0 Å². The van der Waals surface area contributed by atoms with Gasteiger partial charge in [0.05, 0.1) is 11.1 Å². The van der Waals surface area contributed by atoms with Crippen molar-refractivity contribution in [2.24, 2.45) is 11.7 Å². The highest BCUT2D eigenvalue weighted by molar-refractivity contribution is 5.95. The first-order valence-electron chi connectivity index (χ1n) is 6.05. The van der Waals surface area contributed by atoms with Crippen molar-refractivity contribution in [2.75, 3.05) is 6.54 Å². The second-order valence-corrected chi connectivity index (χ2v) is 5.07. The van der Waals surface area contributed by atoms with E-state index in [4.69, 9.17) is 5.73 Å². The van der Waals surface area contributed by atoms with Gasteiger partial charge in [0, 0.05) is 6.54 Å². The lowest BCUT2D eigenvalue weighted by Gasteiger charge is -2.29. The average molecular weight is 272 g/mol. The molecule has 0 aromatic heterocycles. The van der Waals surface area contributed by atoms with E-state index < -0.39 is 34.5 Å². The van der Waals surface area contributed by atoms with Gasteiger partial charge in [-0.1, -0.05) is 0 Å². The van der Waals surface area contributed by atoms with Crippen LogP contribution in [0.3, 0.4) is 0 Å². The first-order valence-corrected chi connectivity index (χ1v) is 6.05. The van der Waals surface area contributed by atoms with Crippen LogP contribution in [0.1, 0.15) is 30.1 Å². The van der Waals surface area contributed by atoms with Gasteiger partial charge in [-0.25, -0.2) is 13.2 Å². The first-order chi connectivity index (χ1) is 8.89. The fourth-order valence-corrected chi connectivity index (χ4v) is 2.07. The van der Waals surface area contributed by atoms with Crippen molar-refractivity contribution in [1.29, 1.82) is 0 Å². The molecule has 1 unspecified atom stereocenters. The van der Waals surface area contributed by atoms with Crippen LogP contribution < -0.4 is 11.1 Å². The van der Waals surface area contributed by atoms with Crippen LogP contribution in [-0.4, -0.2) is 18.0 Å². The Morgan fingerprint density at radius 1 is 1.37 bits per heavy atom. The maximum Gasteiger partial charge on any atom is 0.254 e. The van der Waals surface area contributed by atoms with E-state index in [-0.39, 0.29) is 12.5 Å². The minimum Gasteiger partial charge on any atom is -0.345 e. The number of carbonyl (C=O) groups excluding carboxylic acids is 1. The summed E-state index contributed by atoms with van der Waals surface area (Å²) in [6, 6.07) is 1.65. The molecule has 1 aromatic rings. The standard InChI is InChI=1S/C13H15F3N2O/c1-13(6-17,7-2-3-7)18-12(19)8-4-5-9(14)11(16)10(8)15/h4-5,7H,2-3,6,17H2,1H3,(H,18,19). The summed E-state index contributed by atoms with van der Waals surface area (Å²) in [7, 11) is 0. The van der Waals surface area contributed by atoms with Crippen LogP contribution in [-0.2, 0) is 0 Å². The topological polar surface area (TPSA) is 55.1 Å². The normalized spacial score (nSPS) is 17.9. The molecule has 1 aliphatic rings. The van der Waals surface area contributed by atoms with Crippen LogP contribution in [0.2, 0.25) is 0 Å². The third kappa shape index (κ3) is 2.58. The zero-order chi connectivity index (χ0) is 14.2. The number of benzene rings is 1. The second kappa shape index (κ2) is 4.85. The Labute approximate surface area is 109 Å². The van der Waals surface area contributed by atoms with Crippen LogP contribution in [0, 0.1) is 23.4 Å². The zero-order valence-corrected chi connectivity index (χ0v) is 10.5. The van der Waals surface area contributed by atoms with Crippen molar-refractivity contribution < 1.29 is 18.0 Å². The third-order valence-electron chi connectivity index (χ3n) is 3.58. The number of halogens is 3. The van der Waals surface area contributed by atoms with Crippen LogP contribution in [0.5, 0.6) is 0 Å². The molecule has 3 N–H and O–H groups in total. The molecule has 0 heterocycles. The van der Waals surface area contributed by atoms with E-state index in [1.165, 1.54) is 0 Å². The summed E-state index contributed by atoms with van der Waals surface area (Å²) in [6.45, 7) is 1.97. The summed E-state index contributed by atoms with van der Waals surface area (Å²) in [5.74, 6) is -4.98. The van der Waals surface area contributed by atoms with E-state index >= 15 is 0 Å². The molecule has 0 bridgehead atoms. The summed E-state index contributed by atoms with van der Waals surface area (Å²) in [5.41, 5.74) is 4.46. The monoisotopic (exact) mass is 272 g/mol. The third-order valence-corrected chi connectivity index (χ3v) is 3.58. The molecule has 1 amide bonds. The van der Waals surface area contributed by atoms with Crippen molar-refractivity contribution >= 4 is 5.91 Å². The van der Waals surface area contributed by atoms with Crippen LogP contribution in [0.4, 0.5) is 13.2 Å². The van der Waals surface area contributed by atoms with E-state index in [9.17, 15) is 18.0 Å². The van der Waals surface area contributed by atoms with Crippen LogP contribution in [0.25, 0.3) is 0 Å². The highest BCUT2D eigenvalue weighted by atomic mass is 19.2. The highest BCUT2D eigenvalue weighted by Crippen LogP contribution is 2.39. The van der Waals surface area contributed by atoms with E-state index in [1.54, 1.807) is 6.92 Å². The molecule has 0 aliphatic heterocycles. The maximum absolute atomic E-state index is 13.5. The lowest BCUT2D eigenvalue weighted by molar-refractivity contribution is 0.0892. The van der Waals surface area contributed by atoms with Crippen molar-refractivity contribution in [3.8, 4) is 0 Å². The predicted octanol–water partition coefficient (Wildman–Crippen LogP) is 1.96. The SMILES string of the molecule is CC(CN)(NC(=O)c1ccc(F)c(F)c1F)C1CC1. The van der Waals surface area contributed by atoms with Gasteiger partial charge in [0.15, 0.2) is 17.5 Å². The highest BCUT2D eigenvalue weighted by Gasteiger charge is 2.42. The summed E-state index contributed by atoms with van der Waals surface area (Å²) >= 11 is 0. The van der Waals surface area contributed by atoms with Crippen LogP contribution in [0.15, 0.2) is 12.1 Å². The number of nitrogens with two attached hydrogens (primary N) is 1. The summed E-state index contributed by atoms with van der Waals surface area (Å²) < 4.78 is 39.4. The Hall–Kier alpha value is -1.56. The first kappa shape index (κ1) is 13.9. The summed E-state index contributed by atoms with van der Waals surface area (Å²) in [5, 5.41) is 2.62. The second-order valence-electron chi connectivity index (χ2n) is 5.07. The number of carbonyl (C=O) groups is 1. The molecule has 104 valence electrons. The molecular formula is C13H15F3N2O. The van der Waals surface area contributed by atoms with Crippen molar-refractivity contribution in [1.82, 2.24) is 5.32 Å². The van der Waals surface area contributed by atoms with Gasteiger partial charge < -0.3 is 11.1 Å². The van der Waals surface area contributed by atoms with Gasteiger partial charge in [-0.3, -0.25) is 4.79 Å². The van der Waals surface area contributed by atoms with Crippen molar-refractivity contribution in [3.05, 3.63) is 35.1 Å². The molecule has 1 aliphatic carbocycles. The quantitative estimate of drug-likeness (QED) is 0.823. The number of hydrogen-bond acceptors (Lipinski definition) is 2. The Bertz CT molecular complexity index is 517. The van der Waals surface area contributed by atoms with Crippen molar-refractivity contribution in [2.45, 2.75) is 25.3 Å². The summed E-state index contributed by atoms with van der Waals surface area (Å²) in [6.07, 6.45) is 1.88. The van der Waals surface area contributed by atoms with Gasteiger partial charge in [0.1, 0.15) is 0 Å². The van der Waals surface area contributed by atoms with Crippen molar-refractivity contribution in [3.63, 3.8) is 0 Å². The molecule has 6 heteroatoms. The smallest absolute Gasteiger partial charge is 0.254 e. The molecule has 1 saturated carbocycles. The van der Waals surface area contributed by atoms with Crippen LogP contribution >= 0.6 is 0 Å². The van der Waals surface area contributed by atoms with E-state index in [0.29, 0.717) is 0 Å². The van der Waals surface area contributed by atoms with E-state index in [0.717, 1.165) is 25.0 Å². The molecule has 2 rings (SSSR count). The number of nitrogens with one attached hydrogen (secondary N) is 1. The minimum atomic E-state index is -1.64. The largest absolute Gasteiger partial charge is 0.345 e. The Kier molecular flexibility index (Phi) is 3.54. The van der Waals surface area contributed by atoms with E-state index in [2.05, 4.69) is 5.32 Å². The van der Waals surface area contributed by atoms with Gasteiger partial charge in [-0.05, 0) is 37.8 Å². The summed E-state index contributed by atoms with van der Waals surface area (Å²) in [4.78, 5) is 11.9. The molecule has 1 fully saturated rings. The molecule has 1 atom stereocenters. The molecule has 19 heavy (non-hydrogen) atoms. The molecule has 0 saturated heterocycles. The average Bonchev–Trinajstić information content (AvgIpc) is 3.20. The molecule has 0 spiro atoms. The number of rotatable bonds is 4. The van der Waals surface area contributed by atoms with Gasteiger partial charge in [0.2, 0.25) is 0 Å². The molecule has 0 radical (unpaired) electrons. The number of amides is 1. The maximum atomic E-state index is 13.5. The fourth-order valence-electron chi connectivity index (χ4n) is 2.07. The minimum absolute atomic E-state index is 0.203. The number of hydrogen-bond donors (Lipinski definition) is 2. The lowest BCUT2D eigenvalue weighted by atomic mass is 9.95. The fraction of sp³-hybridized carbons (Fsp3) is 0.462.